The van der Waals surface area contributed by atoms with Gasteiger partial charge in [-0.2, -0.15) is 0 Å². The molecule has 0 atom stereocenters. The van der Waals surface area contributed by atoms with Gasteiger partial charge in [-0.15, -0.1) is 10.2 Å². The van der Waals surface area contributed by atoms with Crippen LogP contribution >= 0.6 is 23.4 Å². The minimum absolute atomic E-state index is 0.257. The Morgan fingerprint density at radius 1 is 0.800 bits per heavy atom. The fourth-order valence-electron chi connectivity index (χ4n) is 2.84. The van der Waals surface area contributed by atoms with Gasteiger partial charge in [0.05, 0.1) is 11.6 Å². The van der Waals surface area contributed by atoms with Crippen molar-refractivity contribution in [1.29, 1.82) is 0 Å². The molecule has 0 unspecified atom stereocenters. The predicted octanol–water partition coefficient (Wildman–Crippen LogP) is 5.67. The molecule has 0 aliphatic carbocycles. The van der Waals surface area contributed by atoms with Crippen molar-refractivity contribution in [2.45, 2.75) is 11.8 Å². The Morgan fingerprint density at radius 3 is 2.27 bits per heavy atom. The largest absolute Gasteiger partial charge is 0.493 e. The standard InChI is InChI=1S/C23H20ClN3O2S/c24-20-13-7-8-14-21(20)29-17-22-25-26-23(27(22)18-9-3-1-4-10-18)30-16-15-28-19-11-5-2-6-12-19/h1-14H,15-17H2. The third-order valence-electron chi connectivity index (χ3n) is 4.23. The van der Waals surface area contributed by atoms with Crippen molar-refractivity contribution in [3.05, 3.63) is 95.8 Å². The van der Waals surface area contributed by atoms with Gasteiger partial charge < -0.3 is 9.47 Å². The molecular formula is C23H20ClN3O2S. The van der Waals surface area contributed by atoms with Crippen molar-refractivity contribution >= 4 is 23.4 Å². The van der Waals surface area contributed by atoms with Crippen LogP contribution in [0.3, 0.4) is 0 Å². The first kappa shape index (κ1) is 20.3. The van der Waals surface area contributed by atoms with Crippen molar-refractivity contribution < 1.29 is 9.47 Å². The lowest BCUT2D eigenvalue weighted by molar-refractivity contribution is 0.293. The first-order valence-electron chi connectivity index (χ1n) is 9.49. The van der Waals surface area contributed by atoms with Crippen LogP contribution in [-0.4, -0.2) is 27.1 Å². The zero-order valence-corrected chi connectivity index (χ0v) is 17.7. The second-order valence-electron chi connectivity index (χ2n) is 6.30. The highest BCUT2D eigenvalue weighted by atomic mass is 35.5. The molecule has 7 heteroatoms. The quantitative estimate of drug-likeness (QED) is 0.249. The Kier molecular flexibility index (Phi) is 6.90. The minimum Gasteiger partial charge on any atom is -0.493 e. The molecule has 4 rings (SSSR count). The summed E-state index contributed by atoms with van der Waals surface area (Å²) >= 11 is 7.79. The number of ether oxygens (including phenoxy) is 2. The average molecular weight is 438 g/mol. The van der Waals surface area contributed by atoms with Crippen molar-refractivity contribution in [2.75, 3.05) is 12.4 Å². The van der Waals surface area contributed by atoms with Crippen LogP contribution in [-0.2, 0) is 6.61 Å². The molecule has 152 valence electrons. The van der Waals surface area contributed by atoms with E-state index in [0.717, 1.165) is 22.3 Å². The average Bonchev–Trinajstić information content (AvgIpc) is 3.20. The SMILES string of the molecule is Clc1ccccc1OCc1nnc(SCCOc2ccccc2)n1-c1ccccc1. The number of hydrogen-bond donors (Lipinski definition) is 0. The third-order valence-corrected chi connectivity index (χ3v) is 5.44. The molecule has 0 saturated carbocycles. The predicted molar refractivity (Wildman–Crippen MR) is 120 cm³/mol. The molecule has 3 aromatic carbocycles. The molecule has 0 amide bonds. The summed E-state index contributed by atoms with van der Waals surface area (Å²) < 4.78 is 13.7. The van der Waals surface area contributed by atoms with Crippen molar-refractivity contribution in [3.63, 3.8) is 0 Å². The maximum atomic E-state index is 6.20. The zero-order valence-electron chi connectivity index (χ0n) is 16.1. The van der Waals surface area contributed by atoms with Crippen LogP contribution in [0.4, 0.5) is 0 Å². The highest BCUT2D eigenvalue weighted by molar-refractivity contribution is 7.99. The van der Waals surface area contributed by atoms with Crippen LogP contribution in [0.1, 0.15) is 5.82 Å². The van der Waals surface area contributed by atoms with Gasteiger partial charge in [-0.05, 0) is 36.4 Å². The van der Waals surface area contributed by atoms with Gasteiger partial charge >= 0.3 is 0 Å². The molecule has 30 heavy (non-hydrogen) atoms. The lowest BCUT2D eigenvalue weighted by atomic mass is 10.3. The van der Waals surface area contributed by atoms with Gasteiger partial charge in [-0.3, -0.25) is 4.57 Å². The van der Waals surface area contributed by atoms with Crippen LogP contribution in [0.25, 0.3) is 5.69 Å². The number of nitrogens with zero attached hydrogens (tertiary/aromatic N) is 3. The van der Waals surface area contributed by atoms with Crippen LogP contribution in [0.5, 0.6) is 11.5 Å². The molecule has 5 nitrogen and oxygen atoms in total. The van der Waals surface area contributed by atoms with Crippen molar-refractivity contribution in [2.24, 2.45) is 0 Å². The smallest absolute Gasteiger partial charge is 0.196 e. The van der Waals surface area contributed by atoms with E-state index in [9.17, 15) is 0 Å². The van der Waals surface area contributed by atoms with Crippen molar-refractivity contribution in [1.82, 2.24) is 14.8 Å². The summed E-state index contributed by atoms with van der Waals surface area (Å²) in [4.78, 5) is 0. The maximum Gasteiger partial charge on any atom is 0.196 e. The summed E-state index contributed by atoms with van der Waals surface area (Å²) in [6.07, 6.45) is 0. The van der Waals surface area contributed by atoms with Gasteiger partial charge in [0.15, 0.2) is 11.0 Å². The van der Waals surface area contributed by atoms with E-state index < -0.39 is 0 Å². The highest BCUT2D eigenvalue weighted by Crippen LogP contribution is 2.26. The maximum absolute atomic E-state index is 6.20. The molecule has 1 aromatic heterocycles. The Bertz CT molecular complexity index is 1070. The second kappa shape index (κ2) is 10.2. The highest BCUT2D eigenvalue weighted by Gasteiger charge is 2.15. The molecule has 0 N–H and O–H groups in total. The van der Waals surface area contributed by atoms with E-state index in [1.807, 2.05) is 83.4 Å². The summed E-state index contributed by atoms with van der Waals surface area (Å²) in [7, 11) is 0. The molecule has 0 bridgehead atoms. The number of benzene rings is 3. The van der Waals surface area contributed by atoms with E-state index >= 15 is 0 Å². The minimum atomic E-state index is 0.257. The Hall–Kier alpha value is -2.96. The van der Waals surface area contributed by atoms with Crippen LogP contribution < -0.4 is 9.47 Å². The topological polar surface area (TPSA) is 49.2 Å². The first-order chi connectivity index (χ1) is 14.8. The fourth-order valence-corrected chi connectivity index (χ4v) is 3.81. The Balaban J connectivity index is 1.47. The molecule has 1 heterocycles. The summed E-state index contributed by atoms with van der Waals surface area (Å²) in [6, 6.07) is 27.2. The summed E-state index contributed by atoms with van der Waals surface area (Å²) in [5, 5.41) is 10.1. The monoisotopic (exact) mass is 437 g/mol. The number of para-hydroxylation sites is 3. The van der Waals surface area contributed by atoms with Gasteiger partial charge in [-0.25, -0.2) is 0 Å². The molecule has 0 spiro atoms. The zero-order chi connectivity index (χ0) is 20.6. The molecule has 0 radical (unpaired) electrons. The Morgan fingerprint density at radius 2 is 1.50 bits per heavy atom. The van der Waals surface area contributed by atoms with Gasteiger partial charge in [0.2, 0.25) is 0 Å². The van der Waals surface area contributed by atoms with E-state index in [4.69, 9.17) is 21.1 Å². The fraction of sp³-hybridized carbons (Fsp3) is 0.130. The third kappa shape index (κ3) is 5.14. The van der Waals surface area contributed by atoms with E-state index in [-0.39, 0.29) is 6.61 Å². The van der Waals surface area contributed by atoms with Crippen LogP contribution in [0.15, 0.2) is 90.1 Å². The number of aromatic nitrogens is 3. The van der Waals surface area contributed by atoms with Gasteiger partial charge in [0, 0.05) is 11.4 Å². The van der Waals surface area contributed by atoms with Crippen LogP contribution in [0.2, 0.25) is 5.02 Å². The van der Waals surface area contributed by atoms with Crippen LogP contribution in [0, 0.1) is 0 Å². The molecule has 4 aromatic rings. The number of hydrogen-bond acceptors (Lipinski definition) is 5. The number of rotatable bonds is 9. The van der Waals surface area contributed by atoms with E-state index in [2.05, 4.69) is 10.2 Å². The normalized spacial score (nSPS) is 10.7. The molecule has 0 aliphatic heterocycles. The lowest BCUT2D eigenvalue weighted by Crippen LogP contribution is -2.07. The second-order valence-corrected chi connectivity index (χ2v) is 7.77. The van der Waals surface area contributed by atoms with E-state index in [1.54, 1.807) is 17.8 Å². The van der Waals surface area contributed by atoms with E-state index in [1.165, 1.54) is 0 Å². The van der Waals surface area contributed by atoms with Gasteiger partial charge in [-0.1, -0.05) is 71.9 Å². The van der Waals surface area contributed by atoms with Gasteiger partial charge in [0.25, 0.3) is 0 Å². The summed E-state index contributed by atoms with van der Waals surface area (Å²) in [6.45, 7) is 0.828. The molecular weight excluding hydrogens is 418 g/mol. The molecule has 0 fully saturated rings. The van der Waals surface area contributed by atoms with Crippen molar-refractivity contribution in [3.8, 4) is 17.2 Å². The molecule has 0 saturated heterocycles. The number of thioether (sulfide) groups is 1. The summed E-state index contributed by atoms with van der Waals surface area (Å²) in [5.74, 6) is 2.92. The Labute approximate surface area is 184 Å². The summed E-state index contributed by atoms with van der Waals surface area (Å²) in [5.41, 5.74) is 0.978. The lowest BCUT2D eigenvalue weighted by Gasteiger charge is -2.12. The van der Waals surface area contributed by atoms with E-state index in [0.29, 0.717) is 23.2 Å². The number of halogens is 1. The first-order valence-corrected chi connectivity index (χ1v) is 10.9. The molecule has 0 aliphatic rings. The van der Waals surface area contributed by atoms with Gasteiger partial charge in [0.1, 0.15) is 18.1 Å².